The molecular weight excluding hydrogens is 521 g/mol. The van der Waals surface area contributed by atoms with Gasteiger partial charge in [-0.1, -0.05) is 52.0 Å². The van der Waals surface area contributed by atoms with Gasteiger partial charge in [0.05, 0.1) is 6.04 Å². The number of hydrogen-bond donors (Lipinski definition) is 2. The molecule has 2 aliphatic rings. The van der Waals surface area contributed by atoms with Crippen molar-refractivity contribution in [2.75, 3.05) is 13.6 Å². The molecule has 2 aromatic carbocycles. The SMILES string of the molecule is CCC(c1ccc(C=O)cc1)N1C(=O)C(c2ccc(F)cc2)=NC12CCC(C(C)(C)C)CC2.CNCCCC(=O)O. The van der Waals surface area contributed by atoms with E-state index in [2.05, 4.69) is 33.0 Å². The summed E-state index contributed by atoms with van der Waals surface area (Å²) in [6, 6.07) is 13.4. The molecule has 1 amide bonds. The van der Waals surface area contributed by atoms with Gasteiger partial charge in [0.1, 0.15) is 23.5 Å². The Balaban J connectivity index is 0.000000507. The lowest BCUT2D eigenvalue weighted by molar-refractivity contribution is -0.137. The summed E-state index contributed by atoms with van der Waals surface area (Å²) in [6.45, 7) is 9.71. The van der Waals surface area contributed by atoms with E-state index in [1.807, 2.05) is 24.1 Å². The van der Waals surface area contributed by atoms with Crippen LogP contribution in [0.25, 0.3) is 0 Å². The summed E-state index contributed by atoms with van der Waals surface area (Å²) in [6.07, 6.45) is 6.19. The van der Waals surface area contributed by atoms with Gasteiger partial charge in [0.15, 0.2) is 0 Å². The Hall–Kier alpha value is -3.39. The van der Waals surface area contributed by atoms with E-state index in [0.29, 0.717) is 29.2 Å². The van der Waals surface area contributed by atoms with Crippen molar-refractivity contribution >= 4 is 23.9 Å². The van der Waals surface area contributed by atoms with Crippen LogP contribution in [0, 0.1) is 17.2 Å². The highest BCUT2D eigenvalue weighted by Crippen LogP contribution is 2.49. The van der Waals surface area contributed by atoms with Gasteiger partial charge in [0.25, 0.3) is 5.91 Å². The first-order valence-electron chi connectivity index (χ1n) is 14.6. The number of carbonyl (C=O) groups is 3. The molecule has 8 heteroatoms. The van der Waals surface area contributed by atoms with E-state index < -0.39 is 11.6 Å². The number of aliphatic carboxylic acids is 1. The summed E-state index contributed by atoms with van der Waals surface area (Å²) in [7, 11) is 1.81. The lowest BCUT2D eigenvalue weighted by Crippen LogP contribution is -2.51. The lowest BCUT2D eigenvalue weighted by atomic mass is 9.69. The molecule has 0 aromatic heterocycles. The van der Waals surface area contributed by atoms with Gasteiger partial charge in [-0.25, -0.2) is 4.39 Å². The third-order valence-corrected chi connectivity index (χ3v) is 8.29. The predicted molar refractivity (Wildman–Crippen MR) is 160 cm³/mol. The lowest BCUT2D eigenvalue weighted by Gasteiger charge is -2.47. The molecule has 1 fully saturated rings. The van der Waals surface area contributed by atoms with Crippen LogP contribution >= 0.6 is 0 Å². The Morgan fingerprint density at radius 1 is 1.15 bits per heavy atom. The molecular formula is C33H44FN3O4. The molecule has 1 atom stereocenters. The predicted octanol–water partition coefficient (Wildman–Crippen LogP) is 6.42. The highest BCUT2D eigenvalue weighted by molar-refractivity contribution is 6.46. The van der Waals surface area contributed by atoms with E-state index in [-0.39, 0.29) is 29.6 Å². The Kier molecular flexibility index (Phi) is 11.0. The zero-order chi connectivity index (χ0) is 30.2. The summed E-state index contributed by atoms with van der Waals surface area (Å²) in [5.74, 6) is -0.566. The van der Waals surface area contributed by atoms with Crippen molar-refractivity contribution < 1.29 is 23.9 Å². The minimum absolute atomic E-state index is 0.0952. The summed E-state index contributed by atoms with van der Waals surface area (Å²) in [4.78, 5) is 42.0. The fourth-order valence-corrected chi connectivity index (χ4v) is 5.92. The number of nitrogens with one attached hydrogen (secondary N) is 1. The van der Waals surface area contributed by atoms with Crippen LogP contribution in [-0.4, -0.2) is 53.1 Å². The quantitative estimate of drug-likeness (QED) is 0.270. The molecule has 1 aliphatic carbocycles. The molecule has 0 saturated heterocycles. The van der Waals surface area contributed by atoms with E-state index in [1.54, 1.807) is 24.3 Å². The second-order valence-electron chi connectivity index (χ2n) is 12.1. The van der Waals surface area contributed by atoms with Crippen LogP contribution < -0.4 is 5.32 Å². The van der Waals surface area contributed by atoms with E-state index in [1.165, 1.54) is 12.1 Å². The molecule has 0 radical (unpaired) electrons. The van der Waals surface area contributed by atoms with Crippen LogP contribution in [0.4, 0.5) is 4.39 Å². The molecule has 1 aliphatic heterocycles. The Labute approximate surface area is 243 Å². The number of benzene rings is 2. The highest BCUT2D eigenvalue weighted by Gasteiger charge is 2.52. The molecule has 2 aromatic rings. The summed E-state index contributed by atoms with van der Waals surface area (Å²) >= 11 is 0. The fraction of sp³-hybridized carbons (Fsp3) is 0.515. The second kappa shape index (κ2) is 14.0. The number of hydrogen-bond acceptors (Lipinski definition) is 5. The van der Waals surface area contributed by atoms with Crippen LogP contribution in [0.2, 0.25) is 0 Å². The monoisotopic (exact) mass is 565 g/mol. The minimum Gasteiger partial charge on any atom is -0.481 e. The Morgan fingerprint density at radius 2 is 1.76 bits per heavy atom. The van der Waals surface area contributed by atoms with Gasteiger partial charge >= 0.3 is 5.97 Å². The molecule has 1 unspecified atom stereocenters. The smallest absolute Gasteiger partial charge is 0.303 e. The molecule has 1 spiro atoms. The summed E-state index contributed by atoms with van der Waals surface area (Å²) < 4.78 is 13.6. The largest absolute Gasteiger partial charge is 0.481 e. The first-order valence-corrected chi connectivity index (χ1v) is 14.6. The number of halogens is 1. The molecule has 7 nitrogen and oxygen atoms in total. The van der Waals surface area contributed by atoms with Gasteiger partial charge in [-0.15, -0.1) is 0 Å². The number of rotatable bonds is 9. The number of aldehydes is 1. The van der Waals surface area contributed by atoms with Crippen molar-refractivity contribution in [3.05, 3.63) is 71.0 Å². The zero-order valence-electron chi connectivity index (χ0n) is 25.0. The second-order valence-corrected chi connectivity index (χ2v) is 12.1. The fourth-order valence-electron chi connectivity index (χ4n) is 5.92. The van der Waals surface area contributed by atoms with Crippen molar-refractivity contribution in [3.8, 4) is 0 Å². The van der Waals surface area contributed by atoms with E-state index in [0.717, 1.165) is 50.5 Å². The summed E-state index contributed by atoms with van der Waals surface area (Å²) in [5, 5.41) is 11.0. The number of carboxylic acid groups (broad SMARTS) is 1. The third kappa shape index (κ3) is 7.88. The Morgan fingerprint density at radius 3 is 2.24 bits per heavy atom. The number of carboxylic acids is 1. The topological polar surface area (TPSA) is 99.1 Å². The number of amides is 1. The van der Waals surface area contributed by atoms with Crippen molar-refractivity contribution in [1.82, 2.24) is 10.2 Å². The average molecular weight is 566 g/mol. The maximum absolute atomic E-state index is 13.9. The molecule has 1 saturated carbocycles. The van der Waals surface area contributed by atoms with Gasteiger partial charge in [0, 0.05) is 17.5 Å². The number of carbonyl (C=O) groups excluding carboxylic acids is 2. The molecule has 41 heavy (non-hydrogen) atoms. The molecule has 2 N–H and O–H groups in total. The van der Waals surface area contributed by atoms with E-state index in [4.69, 9.17) is 10.1 Å². The van der Waals surface area contributed by atoms with E-state index in [9.17, 15) is 18.8 Å². The first-order chi connectivity index (χ1) is 19.5. The third-order valence-electron chi connectivity index (χ3n) is 8.29. The molecule has 1 heterocycles. The van der Waals surface area contributed by atoms with Crippen LogP contribution in [0.1, 0.15) is 100 Å². The van der Waals surface area contributed by atoms with Gasteiger partial charge in [-0.2, -0.15) is 0 Å². The van der Waals surface area contributed by atoms with Crippen LogP contribution in [0.15, 0.2) is 53.5 Å². The summed E-state index contributed by atoms with van der Waals surface area (Å²) in [5.41, 5.74) is 2.33. The van der Waals surface area contributed by atoms with Crippen molar-refractivity contribution in [2.24, 2.45) is 16.3 Å². The first kappa shape index (κ1) is 32.1. The van der Waals surface area contributed by atoms with E-state index >= 15 is 0 Å². The molecule has 222 valence electrons. The van der Waals surface area contributed by atoms with Crippen LogP contribution in [0.3, 0.4) is 0 Å². The van der Waals surface area contributed by atoms with Gasteiger partial charge in [-0.3, -0.25) is 19.4 Å². The number of aliphatic imine (C=N–C) groups is 1. The minimum atomic E-state index is -0.722. The Bertz CT molecular complexity index is 1210. The highest BCUT2D eigenvalue weighted by atomic mass is 19.1. The van der Waals surface area contributed by atoms with Crippen LogP contribution in [-0.2, 0) is 9.59 Å². The van der Waals surface area contributed by atoms with Gasteiger partial charge in [-0.05, 0) is 93.3 Å². The average Bonchev–Trinajstić information content (AvgIpc) is 3.21. The van der Waals surface area contributed by atoms with Crippen molar-refractivity contribution in [3.63, 3.8) is 0 Å². The standard InChI is InChI=1S/C28H33FN2O2.C5H11NO2/c1-5-24(20-8-6-19(18-32)7-9-20)31-26(33)25(21-10-12-23(29)13-11-21)30-28(31)16-14-22(15-17-28)27(2,3)4;1-6-4-2-3-5(7)8/h6-13,18,22,24H,5,14-17H2,1-4H3;6H,2-4H2,1H3,(H,7,8). The zero-order valence-corrected chi connectivity index (χ0v) is 25.0. The molecule has 0 bridgehead atoms. The maximum atomic E-state index is 13.9. The normalized spacial score (nSPS) is 21.2. The maximum Gasteiger partial charge on any atom is 0.303 e. The van der Waals surface area contributed by atoms with Crippen molar-refractivity contribution in [2.45, 2.75) is 84.3 Å². The van der Waals surface area contributed by atoms with Gasteiger partial charge < -0.3 is 15.3 Å². The number of nitrogens with zero attached hydrogens (tertiary/aromatic N) is 2. The van der Waals surface area contributed by atoms with Crippen LogP contribution in [0.5, 0.6) is 0 Å². The van der Waals surface area contributed by atoms with Crippen molar-refractivity contribution in [1.29, 1.82) is 0 Å². The van der Waals surface area contributed by atoms with Gasteiger partial charge in [0.2, 0.25) is 0 Å². The molecule has 4 rings (SSSR count).